The van der Waals surface area contributed by atoms with Gasteiger partial charge in [-0.05, 0) is 25.1 Å². The summed E-state index contributed by atoms with van der Waals surface area (Å²) in [5.74, 6) is -2.45. The lowest BCUT2D eigenvalue weighted by Gasteiger charge is -2.03. The van der Waals surface area contributed by atoms with Crippen LogP contribution < -0.4 is 5.32 Å². The Morgan fingerprint density at radius 1 is 1.10 bits per heavy atom. The van der Waals surface area contributed by atoms with Gasteiger partial charge in [0.05, 0.1) is 11.3 Å². The molecule has 0 atom stereocenters. The van der Waals surface area contributed by atoms with E-state index in [1.165, 1.54) is 10.9 Å². The molecule has 0 aliphatic heterocycles. The average Bonchev–Trinajstić information content (AvgIpc) is 3.36. The van der Waals surface area contributed by atoms with E-state index in [1.807, 2.05) is 55.5 Å². The van der Waals surface area contributed by atoms with Crippen molar-refractivity contribution in [2.24, 2.45) is 0 Å². The first-order valence-electron chi connectivity index (χ1n) is 8.84. The number of aromatic amines is 1. The molecule has 0 radical (unpaired) electrons. The highest BCUT2D eigenvalue weighted by atomic mass is 19.4. The molecule has 0 unspecified atom stereocenters. The van der Waals surface area contributed by atoms with Gasteiger partial charge in [-0.1, -0.05) is 42.0 Å². The Kier molecular flexibility index (Phi) is 4.82. The zero-order valence-electron chi connectivity index (χ0n) is 15.6. The zero-order valence-corrected chi connectivity index (χ0v) is 15.6. The van der Waals surface area contributed by atoms with Crippen molar-refractivity contribution in [3.63, 3.8) is 0 Å². The topological polar surface area (TPSA) is 88.5 Å². The van der Waals surface area contributed by atoms with E-state index < -0.39 is 23.9 Å². The van der Waals surface area contributed by atoms with Gasteiger partial charge in [-0.15, -0.1) is 5.10 Å². The molecular weight excluding hydrogens is 397 g/mol. The maximum atomic E-state index is 12.9. The molecule has 4 aromatic rings. The van der Waals surface area contributed by atoms with Gasteiger partial charge in [-0.3, -0.25) is 15.2 Å². The molecule has 152 valence electrons. The molecular formula is C20H15F3N6O. The van der Waals surface area contributed by atoms with E-state index >= 15 is 0 Å². The van der Waals surface area contributed by atoms with Crippen LogP contribution in [0.4, 0.5) is 19.1 Å². The maximum Gasteiger partial charge on any atom is 0.451 e. The van der Waals surface area contributed by atoms with Gasteiger partial charge in [0.15, 0.2) is 0 Å². The van der Waals surface area contributed by atoms with E-state index in [1.54, 1.807) is 11.2 Å². The molecule has 0 aliphatic carbocycles. The number of halogens is 3. The van der Waals surface area contributed by atoms with Crippen LogP contribution >= 0.6 is 0 Å². The van der Waals surface area contributed by atoms with E-state index in [-0.39, 0.29) is 5.56 Å². The van der Waals surface area contributed by atoms with Crippen molar-refractivity contribution in [1.82, 2.24) is 25.0 Å². The van der Waals surface area contributed by atoms with Gasteiger partial charge in [0, 0.05) is 11.8 Å². The van der Waals surface area contributed by atoms with E-state index in [0.717, 1.165) is 11.3 Å². The molecule has 0 aliphatic rings. The molecule has 0 saturated carbocycles. The third kappa shape index (κ3) is 3.93. The molecule has 1 amide bonds. The first-order valence-corrected chi connectivity index (χ1v) is 8.84. The van der Waals surface area contributed by atoms with Crippen molar-refractivity contribution in [2.75, 3.05) is 5.32 Å². The summed E-state index contributed by atoms with van der Waals surface area (Å²) in [6.45, 7) is 1.91. The Bertz CT molecular complexity index is 1200. The van der Waals surface area contributed by atoms with Crippen molar-refractivity contribution < 1.29 is 18.0 Å². The molecule has 10 heteroatoms. The molecule has 2 aromatic heterocycles. The highest BCUT2D eigenvalue weighted by Gasteiger charge is 2.35. The lowest BCUT2D eigenvalue weighted by atomic mass is 10.1. The standard InChI is InChI=1S/C20H15F3N6O/c1-12-6-5-7-13(10-12)16-15(11-29(28-16)14-8-3-2-4-9-14)17(30)24-19-25-18(26-27-19)20(21,22)23/h2-11H,1H3,(H2,24,25,26,27,30). The number of benzene rings is 2. The van der Waals surface area contributed by atoms with Gasteiger partial charge < -0.3 is 0 Å². The van der Waals surface area contributed by atoms with Gasteiger partial charge in [0.1, 0.15) is 5.69 Å². The molecule has 30 heavy (non-hydrogen) atoms. The summed E-state index contributed by atoms with van der Waals surface area (Å²) in [7, 11) is 0. The smallest absolute Gasteiger partial charge is 0.289 e. The molecule has 0 spiro atoms. The number of carbonyl (C=O) groups excluding carboxylic acids is 1. The average molecular weight is 412 g/mol. The number of anilines is 1. The number of amides is 1. The fraction of sp³-hybridized carbons (Fsp3) is 0.100. The second kappa shape index (κ2) is 7.47. The molecule has 0 fully saturated rings. The summed E-state index contributed by atoms with van der Waals surface area (Å²) < 4.78 is 39.7. The predicted octanol–water partition coefficient (Wildman–Crippen LogP) is 4.24. The third-order valence-electron chi connectivity index (χ3n) is 4.25. The highest BCUT2D eigenvalue weighted by molar-refractivity contribution is 6.07. The third-order valence-corrected chi connectivity index (χ3v) is 4.25. The minimum absolute atomic E-state index is 0.169. The number of alkyl halides is 3. The van der Waals surface area contributed by atoms with Crippen LogP contribution in [0, 0.1) is 6.92 Å². The number of aryl methyl sites for hydroxylation is 1. The van der Waals surface area contributed by atoms with Crippen LogP contribution in [-0.2, 0) is 6.18 Å². The summed E-state index contributed by atoms with van der Waals surface area (Å²) in [6.07, 6.45) is -3.18. The number of hydrogen-bond donors (Lipinski definition) is 2. The lowest BCUT2D eigenvalue weighted by molar-refractivity contribution is -0.144. The fourth-order valence-electron chi connectivity index (χ4n) is 2.87. The number of nitrogens with zero attached hydrogens (tertiary/aromatic N) is 4. The quantitative estimate of drug-likeness (QED) is 0.525. The van der Waals surface area contributed by atoms with Crippen LogP contribution in [0.1, 0.15) is 21.7 Å². The Morgan fingerprint density at radius 2 is 1.87 bits per heavy atom. The second-order valence-electron chi connectivity index (χ2n) is 6.50. The van der Waals surface area contributed by atoms with Gasteiger partial charge in [0.2, 0.25) is 11.8 Å². The van der Waals surface area contributed by atoms with Crippen molar-refractivity contribution in [3.05, 3.63) is 77.7 Å². The largest absolute Gasteiger partial charge is 0.451 e. The molecule has 4 rings (SSSR count). The minimum atomic E-state index is -4.69. The van der Waals surface area contributed by atoms with Crippen LogP contribution in [0.2, 0.25) is 0 Å². The summed E-state index contributed by atoms with van der Waals surface area (Å²) >= 11 is 0. The monoisotopic (exact) mass is 412 g/mol. The number of nitrogens with one attached hydrogen (secondary N) is 2. The van der Waals surface area contributed by atoms with Crippen LogP contribution in [-0.4, -0.2) is 30.9 Å². The van der Waals surface area contributed by atoms with Crippen molar-refractivity contribution >= 4 is 11.9 Å². The van der Waals surface area contributed by atoms with Gasteiger partial charge >= 0.3 is 6.18 Å². The molecule has 7 nitrogen and oxygen atoms in total. The molecule has 2 N–H and O–H groups in total. The second-order valence-corrected chi connectivity index (χ2v) is 6.50. The number of hydrogen-bond acceptors (Lipinski definition) is 4. The first-order chi connectivity index (χ1) is 14.3. The summed E-state index contributed by atoms with van der Waals surface area (Å²) in [5, 5.41) is 12.0. The molecule has 0 bridgehead atoms. The number of aromatic nitrogens is 5. The number of carbonyl (C=O) groups is 1. The van der Waals surface area contributed by atoms with E-state index in [0.29, 0.717) is 11.3 Å². The summed E-state index contributed by atoms with van der Waals surface area (Å²) in [4.78, 5) is 16.1. The highest BCUT2D eigenvalue weighted by Crippen LogP contribution is 2.27. The normalized spacial score (nSPS) is 11.5. The zero-order chi connectivity index (χ0) is 21.3. The van der Waals surface area contributed by atoms with Crippen LogP contribution in [0.5, 0.6) is 0 Å². The Balaban J connectivity index is 1.73. The maximum absolute atomic E-state index is 12.9. The van der Waals surface area contributed by atoms with Crippen molar-refractivity contribution in [3.8, 4) is 16.9 Å². The fourth-order valence-corrected chi connectivity index (χ4v) is 2.87. The van der Waals surface area contributed by atoms with E-state index in [4.69, 9.17) is 0 Å². The minimum Gasteiger partial charge on any atom is -0.289 e. The molecule has 2 heterocycles. The van der Waals surface area contributed by atoms with E-state index in [2.05, 4.69) is 20.5 Å². The van der Waals surface area contributed by atoms with Crippen LogP contribution in [0.3, 0.4) is 0 Å². The van der Waals surface area contributed by atoms with Crippen LogP contribution in [0.25, 0.3) is 16.9 Å². The Morgan fingerprint density at radius 3 is 2.53 bits per heavy atom. The number of para-hydroxylation sites is 1. The number of H-pyrrole nitrogens is 1. The van der Waals surface area contributed by atoms with Gasteiger partial charge in [0.25, 0.3) is 5.91 Å². The van der Waals surface area contributed by atoms with Crippen molar-refractivity contribution in [1.29, 1.82) is 0 Å². The van der Waals surface area contributed by atoms with Crippen molar-refractivity contribution in [2.45, 2.75) is 13.1 Å². The lowest BCUT2D eigenvalue weighted by Crippen LogP contribution is -2.14. The first kappa shape index (κ1) is 19.4. The Labute approximate surface area is 168 Å². The summed E-state index contributed by atoms with van der Waals surface area (Å²) in [6, 6.07) is 16.6. The Hall–Kier alpha value is -3.95. The van der Waals surface area contributed by atoms with Crippen LogP contribution in [0.15, 0.2) is 60.8 Å². The molecule has 0 saturated heterocycles. The number of rotatable bonds is 4. The van der Waals surface area contributed by atoms with Gasteiger partial charge in [-0.2, -0.15) is 23.3 Å². The summed E-state index contributed by atoms with van der Waals surface area (Å²) in [5.41, 5.74) is 2.94. The molecule has 2 aromatic carbocycles. The SMILES string of the molecule is Cc1cccc(-c2nn(-c3ccccc3)cc2C(=O)Nc2n[nH]c(C(F)(F)F)n2)c1. The van der Waals surface area contributed by atoms with Gasteiger partial charge in [-0.25, -0.2) is 4.68 Å². The van der Waals surface area contributed by atoms with E-state index in [9.17, 15) is 18.0 Å². The predicted molar refractivity (Wildman–Crippen MR) is 103 cm³/mol.